The Labute approximate surface area is 288 Å². The molecule has 1 aromatic heterocycles. The van der Waals surface area contributed by atoms with Gasteiger partial charge in [0, 0.05) is 44.7 Å². The second-order valence-electron chi connectivity index (χ2n) is 11.6. The van der Waals surface area contributed by atoms with Crippen LogP contribution in [0.25, 0.3) is 0 Å². The van der Waals surface area contributed by atoms with Gasteiger partial charge in [-0.2, -0.15) is 0 Å². The molecule has 2 heterocycles. The van der Waals surface area contributed by atoms with Gasteiger partial charge in [0.15, 0.2) is 0 Å². The molecule has 3 atom stereocenters. The summed E-state index contributed by atoms with van der Waals surface area (Å²) in [6, 6.07) is 4.82. The van der Waals surface area contributed by atoms with Crippen LogP contribution in [0.3, 0.4) is 0 Å². The average molecular weight is 697 g/mol. The van der Waals surface area contributed by atoms with Crippen molar-refractivity contribution >= 4 is 47.3 Å². The van der Waals surface area contributed by atoms with E-state index in [-0.39, 0.29) is 25.9 Å². The van der Waals surface area contributed by atoms with E-state index in [4.69, 9.17) is 0 Å². The Balaban J connectivity index is 1.88. The van der Waals surface area contributed by atoms with E-state index in [9.17, 15) is 38.4 Å². The Kier molecular flexibility index (Phi) is 15.9. The molecule has 1 aromatic carbocycles. The molecule has 0 aliphatic carbocycles. The van der Waals surface area contributed by atoms with Crippen LogP contribution in [0.2, 0.25) is 0 Å². The van der Waals surface area contributed by atoms with Crippen molar-refractivity contribution in [1.82, 2.24) is 52.5 Å². The Morgan fingerprint density at radius 2 is 1.40 bits per heavy atom. The number of hydrogen-bond donors (Lipinski definition) is 9. The lowest BCUT2D eigenvalue weighted by Gasteiger charge is -2.25. The predicted octanol–water partition coefficient (Wildman–Crippen LogP) is -3.18. The monoisotopic (exact) mass is 696 g/mol. The maximum absolute atomic E-state index is 13.8. The van der Waals surface area contributed by atoms with Crippen LogP contribution < -0.4 is 42.5 Å². The fourth-order valence-corrected chi connectivity index (χ4v) is 4.82. The molecule has 1 aliphatic heterocycles. The summed E-state index contributed by atoms with van der Waals surface area (Å²) in [6.07, 6.45) is 4.05. The standard InChI is InChI=1S/C32H44N10O8/c1-20(43)36-18-29(47)40-25-14-26(44)34-10-6-3-7-11-35-27(45)16-37-28(46)17-38-30(48)23(12-21-8-4-2-5-9-21)41-31(49)24(42-32(25)50)13-22-15-33-19-39-22/h2,4-5,8-9,15,19,23-25H,3,6-7,10-14,16-18H2,1H3,(H,33,39)(H,34,44)(H,35,45)(H,36,43)(H,37,46)(H,38,48)(H,40,47)(H,41,49)(H,42,50)/t23-,24+,25+/m1/s1. The van der Waals surface area contributed by atoms with Crippen LogP contribution >= 0.6 is 0 Å². The molecule has 0 radical (unpaired) electrons. The number of H-pyrrole nitrogens is 1. The third kappa shape index (κ3) is 14.5. The molecule has 1 fully saturated rings. The molecule has 8 amide bonds. The van der Waals surface area contributed by atoms with Gasteiger partial charge in [-0.1, -0.05) is 30.3 Å². The molecule has 270 valence electrons. The lowest BCUT2D eigenvalue weighted by atomic mass is 10.0. The summed E-state index contributed by atoms with van der Waals surface area (Å²) in [5.74, 6) is -5.17. The summed E-state index contributed by atoms with van der Waals surface area (Å²) >= 11 is 0. The number of aromatic amines is 1. The minimum atomic E-state index is -1.44. The van der Waals surface area contributed by atoms with E-state index in [0.29, 0.717) is 37.1 Å². The van der Waals surface area contributed by atoms with Crippen LogP contribution in [0.5, 0.6) is 0 Å². The van der Waals surface area contributed by atoms with Gasteiger partial charge in [-0.25, -0.2) is 4.98 Å². The highest BCUT2D eigenvalue weighted by Crippen LogP contribution is 2.07. The van der Waals surface area contributed by atoms with Crippen LogP contribution in [0.15, 0.2) is 42.9 Å². The summed E-state index contributed by atoms with van der Waals surface area (Å²) in [4.78, 5) is 109. The zero-order valence-corrected chi connectivity index (χ0v) is 27.8. The smallest absolute Gasteiger partial charge is 0.243 e. The van der Waals surface area contributed by atoms with E-state index < -0.39 is 84.9 Å². The molecule has 50 heavy (non-hydrogen) atoms. The van der Waals surface area contributed by atoms with E-state index in [2.05, 4.69) is 52.5 Å². The fourth-order valence-electron chi connectivity index (χ4n) is 4.82. The maximum atomic E-state index is 13.8. The lowest BCUT2D eigenvalue weighted by Crippen LogP contribution is -2.59. The second-order valence-corrected chi connectivity index (χ2v) is 11.6. The van der Waals surface area contributed by atoms with Gasteiger partial charge >= 0.3 is 0 Å². The first-order chi connectivity index (χ1) is 24.0. The lowest BCUT2D eigenvalue weighted by molar-refractivity contribution is -0.135. The minimum absolute atomic E-state index is 0.0230. The van der Waals surface area contributed by atoms with Gasteiger partial charge in [-0.3, -0.25) is 38.4 Å². The molecule has 0 unspecified atom stereocenters. The van der Waals surface area contributed by atoms with Crippen LogP contribution in [0.4, 0.5) is 0 Å². The number of nitrogens with one attached hydrogen (secondary N) is 9. The van der Waals surface area contributed by atoms with Gasteiger partial charge in [-0.05, 0) is 24.8 Å². The van der Waals surface area contributed by atoms with Crippen molar-refractivity contribution in [1.29, 1.82) is 0 Å². The van der Waals surface area contributed by atoms with Crippen LogP contribution in [0, 0.1) is 0 Å². The van der Waals surface area contributed by atoms with E-state index in [1.165, 1.54) is 19.4 Å². The number of rotatable bonds is 7. The summed E-state index contributed by atoms with van der Waals surface area (Å²) in [5, 5.41) is 20.3. The van der Waals surface area contributed by atoms with Crippen molar-refractivity contribution in [2.45, 2.75) is 63.6 Å². The number of aromatic nitrogens is 2. The van der Waals surface area contributed by atoms with Crippen molar-refractivity contribution in [2.75, 3.05) is 32.7 Å². The molecular weight excluding hydrogens is 652 g/mol. The molecule has 2 aromatic rings. The Morgan fingerprint density at radius 1 is 0.760 bits per heavy atom. The molecule has 1 saturated heterocycles. The first-order valence-corrected chi connectivity index (χ1v) is 16.2. The quantitative estimate of drug-likeness (QED) is 0.141. The van der Waals surface area contributed by atoms with Gasteiger partial charge in [0.2, 0.25) is 47.3 Å². The second kappa shape index (κ2) is 20.5. The van der Waals surface area contributed by atoms with E-state index in [1.807, 2.05) is 0 Å². The summed E-state index contributed by atoms with van der Waals surface area (Å²) < 4.78 is 0. The van der Waals surface area contributed by atoms with Gasteiger partial charge in [0.05, 0.1) is 32.4 Å². The Bertz CT molecular complexity index is 1480. The number of nitrogens with zero attached hydrogens (tertiary/aromatic N) is 1. The molecule has 1 aliphatic rings. The molecule has 0 saturated carbocycles. The SMILES string of the molecule is CC(=O)NCC(=O)N[C@H]1CC(=O)NCCCCCNC(=O)CNC(=O)CNC(=O)[C@@H](Cc2ccccc2)NC(=O)[C@H](Cc2cnc[nH]2)NC1=O. The van der Waals surface area contributed by atoms with Crippen molar-refractivity contribution < 1.29 is 38.4 Å². The van der Waals surface area contributed by atoms with Crippen molar-refractivity contribution in [3.63, 3.8) is 0 Å². The summed E-state index contributed by atoms with van der Waals surface area (Å²) in [7, 11) is 0. The first kappa shape index (κ1) is 38.6. The van der Waals surface area contributed by atoms with Crippen LogP contribution in [0.1, 0.15) is 43.9 Å². The first-order valence-electron chi connectivity index (χ1n) is 16.2. The van der Waals surface area contributed by atoms with Crippen LogP contribution in [-0.2, 0) is 51.2 Å². The maximum Gasteiger partial charge on any atom is 0.243 e. The molecule has 18 heteroatoms. The van der Waals surface area contributed by atoms with E-state index >= 15 is 0 Å². The highest BCUT2D eigenvalue weighted by molar-refractivity contribution is 5.97. The summed E-state index contributed by atoms with van der Waals surface area (Å²) in [6.45, 7) is 0.581. The molecule has 0 bridgehead atoms. The van der Waals surface area contributed by atoms with E-state index in [0.717, 1.165) is 0 Å². The number of amides is 8. The van der Waals surface area contributed by atoms with Crippen molar-refractivity contribution in [2.24, 2.45) is 0 Å². The van der Waals surface area contributed by atoms with Gasteiger partial charge in [0.25, 0.3) is 0 Å². The molecule has 0 spiro atoms. The third-order valence-electron chi connectivity index (χ3n) is 7.43. The third-order valence-corrected chi connectivity index (χ3v) is 7.43. The fraction of sp³-hybridized carbons (Fsp3) is 0.469. The number of hydrogen-bond acceptors (Lipinski definition) is 9. The van der Waals surface area contributed by atoms with Gasteiger partial charge in [0.1, 0.15) is 18.1 Å². The number of carbonyl (C=O) groups excluding carboxylic acids is 8. The zero-order chi connectivity index (χ0) is 36.3. The largest absolute Gasteiger partial charge is 0.356 e. The number of benzene rings is 1. The molecule has 9 N–H and O–H groups in total. The van der Waals surface area contributed by atoms with Crippen molar-refractivity contribution in [3.05, 3.63) is 54.1 Å². The topological polar surface area (TPSA) is 261 Å². The van der Waals surface area contributed by atoms with E-state index in [1.54, 1.807) is 30.3 Å². The highest BCUT2D eigenvalue weighted by atomic mass is 16.2. The zero-order valence-electron chi connectivity index (χ0n) is 27.8. The minimum Gasteiger partial charge on any atom is -0.356 e. The molecule has 3 rings (SSSR count). The number of carbonyl (C=O) groups is 8. The number of imidazole rings is 1. The summed E-state index contributed by atoms with van der Waals surface area (Å²) in [5.41, 5.74) is 1.14. The predicted molar refractivity (Wildman–Crippen MR) is 177 cm³/mol. The highest BCUT2D eigenvalue weighted by Gasteiger charge is 2.31. The molecule has 18 nitrogen and oxygen atoms in total. The van der Waals surface area contributed by atoms with Gasteiger partial charge < -0.3 is 47.5 Å². The molecular formula is C32H44N10O8. The normalized spacial score (nSPS) is 20.9. The Hall–Kier alpha value is -5.81. The van der Waals surface area contributed by atoms with Crippen molar-refractivity contribution in [3.8, 4) is 0 Å². The van der Waals surface area contributed by atoms with Crippen LogP contribution in [-0.4, -0.2) is 108 Å². The Morgan fingerprint density at radius 3 is 2.08 bits per heavy atom. The average Bonchev–Trinajstić information content (AvgIpc) is 3.60. The van der Waals surface area contributed by atoms with Gasteiger partial charge in [-0.15, -0.1) is 0 Å².